The minimum absolute atomic E-state index is 0.272. The lowest BCUT2D eigenvalue weighted by atomic mass is 10.0. The third-order valence-corrected chi connectivity index (χ3v) is 3.24. The molecule has 21 heavy (non-hydrogen) atoms. The lowest BCUT2D eigenvalue weighted by molar-refractivity contribution is 0.164. The summed E-state index contributed by atoms with van der Waals surface area (Å²) in [5.74, 6) is 0. The molecule has 0 saturated heterocycles. The van der Waals surface area contributed by atoms with Crippen molar-refractivity contribution >= 4 is 0 Å². The fourth-order valence-electron chi connectivity index (χ4n) is 2.04. The van der Waals surface area contributed by atoms with Crippen molar-refractivity contribution in [1.82, 2.24) is 5.32 Å². The zero-order valence-corrected chi connectivity index (χ0v) is 13.1. The molecule has 0 bridgehead atoms. The Morgan fingerprint density at radius 1 is 0.952 bits per heavy atom. The van der Waals surface area contributed by atoms with Crippen LogP contribution in [0.15, 0.2) is 60.7 Å². The molecule has 0 spiro atoms. The number of hydrogen-bond acceptors (Lipinski definition) is 2. The Kier molecular flexibility index (Phi) is 9.18. The van der Waals surface area contributed by atoms with Gasteiger partial charge in [-0.2, -0.15) is 0 Å². The van der Waals surface area contributed by atoms with E-state index in [0.717, 1.165) is 31.4 Å². The largest absolute Gasteiger partial charge is 0.388 e. The van der Waals surface area contributed by atoms with E-state index >= 15 is 0 Å². The first-order valence-corrected chi connectivity index (χ1v) is 7.69. The van der Waals surface area contributed by atoms with E-state index in [2.05, 4.69) is 24.4 Å². The van der Waals surface area contributed by atoms with Crippen molar-refractivity contribution in [3.63, 3.8) is 0 Å². The second-order valence-corrected chi connectivity index (χ2v) is 5.08. The van der Waals surface area contributed by atoms with Crippen LogP contribution in [0.2, 0.25) is 0 Å². The molecule has 0 aliphatic carbocycles. The SMILES string of the molecule is CCCCC(O)c1ccccc1.CNCc1ccccc1. The van der Waals surface area contributed by atoms with Crippen molar-refractivity contribution in [2.24, 2.45) is 0 Å². The van der Waals surface area contributed by atoms with Crippen molar-refractivity contribution in [3.05, 3.63) is 71.8 Å². The molecule has 0 fully saturated rings. The minimum atomic E-state index is -0.272. The summed E-state index contributed by atoms with van der Waals surface area (Å²) in [7, 11) is 1.95. The maximum absolute atomic E-state index is 9.65. The molecule has 2 heteroatoms. The molecule has 114 valence electrons. The van der Waals surface area contributed by atoms with Crippen LogP contribution in [-0.4, -0.2) is 12.2 Å². The van der Waals surface area contributed by atoms with Crippen LogP contribution in [0.5, 0.6) is 0 Å². The smallest absolute Gasteiger partial charge is 0.0790 e. The summed E-state index contributed by atoms with van der Waals surface area (Å²) < 4.78 is 0. The number of aliphatic hydroxyl groups is 1. The lowest BCUT2D eigenvalue weighted by Crippen LogP contribution is -2.04. The van der Waals surface area contributed by atoms with Crippen molar-refractivity contribution < 1.29 is 5.11 Å². The summed E-state index contributed by atoms with van der Waals surface area (Å²) in [6.07, 6.45) is 2.84. The average molecular weight is 285 g/mol. The topological polar surface area (TPSA) is 32.3 Å². The highest BCUT2D eigenvalue weighted by molar-refractivity contribution is 5.17. The van der Waals surface area contributed by atoms with Crippen LogP contribution in [0.4, 0.5) is 0 Å². The Labute approximate surface area is 128 Å². The van der Waals surface area contributed by atoms with Gasteiger partial charge in [0.2, 0.25) is 0 Å². The minimum Gasteiger partial charge on any atom is -0.388 e. The quantitative estimate of drug-likeness (QED) is 0.828. The van der Waals surface area contributed by atoms with Crippen LogP contribution in [-0.2, 0) is 6.54 Å². The van der Waals surface area contributed by atoms with Crippen LogP contribution in [0.25, 0.3) is 0 Å². The number of rotatable bonds is 6. The van der Waals surface area contributed by atoms with Gasteiger partial charge >= 0.3 is 0 Å². The van der Waals surface area contributed by atoms with Crippen LogP contribution in [0.3, 0.4) is 0 Å². The van der Waals surface area contributed by atoms with E-state index in [1.54, 1.807) is 0 Å². The van der Waals surface area contributed by atoms with Crippen molar-refractivity contribution in [3.8, 4) is 0 Å². The third-order valence-electron chi connectivity index (χ3n) is 3.24. The van der Waals surface area contributed by atoms with Gasteiger partial charge in [0.1, 0.15) is 0 Å². The second-order valence-electron chi connectivity index (χ2n) is 5.08. The summed E-state index contributed by atoms with van der Waals surface area (Å²) in [6, 6.07) is 20.2. The molecule has 2 aromatic rings. The lowest BCUT2D eigenvalue weighted by Gasteiger charge is -2.09. The maximum atomic E-state index is 9.65. The van der Waals surface area contributed by atoms with Crippen molar-refractivity contribution in [2.45, 2.75) is 38.8 Å². The molecule has 2 aromatic carbocycles. The molecule has 2 rings (SSSR count). The molecule has 2 N–H and O–H groups in total. The summed E-state index contributed by atoms with van der Waals surface area (Å²) in [5.41, 5.74) is 2.37. The first-order valence-electron chi connectivity index (χ1n) is 7.69. The molecule has 1 atom stereocenters. The van der Waals surface area contributed by atoms with Crippen molar-refractivity contribution in [1.29, 1.82) is 0 Å². The van der Waals surface area contributed by atoms with E-state index in [4.69, 9.17) is 0 Å². The number of benzene rings is 2. The molecule has 0 heterocycles. The average Bonchev–Trinajstić information content (AvgIpc) is 2.55. The van der Waals surface area contributed by atoms with Gasteiger partial charge in [-0.25, -0.2) is 0 Å². The zero-order chi connectivity index (χ0) is 15.3. The van der Waals surface area contributed by atoms with Gasteiger partial charge in [0.05, 0.1) is 6.10 Å². The van der Waals surface area contributed by atoms with Gasteiger partial charge in [0, 0.05) is 6.54 Å². The maximum Gasteiger partial charge on any atom is 0.0790 e. The Bertz CT molecular complexity index is 456. The highest BCUT2D eigenvalue weighted by Gasteiger charge is 2.04. The van der Waals surface area contributed by atoms with Gasteiger partial charge in [-0.15, -0.1) is 0 Å². The van der Waals surface area contributed by atoms with Crippen LogP contribution in [0.1, 0.15) is 43.4 Å². The second kappa shape index (κ2) is 11.1. The molecule has 2 nitrogen and oxygen atoms in total. The Balaban J connectivity index is 0.000000219. The fraction of sp³-hybridized carbons (Fsp3) is 0.368. The van der Waals surface area contributed by atoms with E-state index in [1.165, 1.54) is 5.56 Å². The molecule has 0 radical (unpaired) electrons. The summed E-state index contributed by atoms with van der Waals surface area (Å²) in [6.45, 7) is 3.10. The van der Waals surface area contributed by atoms with Gasteiger partial charge in [-0.05, 0) is 24.6 Å². The van der Waals surface area contributed by atoms with E-state index < -0.39 is 0 Å². The van der Waals surface area contributed by atoms with Gasteiger partial charge in [-0.3, -0.25) is 0 Å². The summed E-state index contributed by atoms with van der Waals surface area (Å²) in [4.78, 5) is 0. The standard InChI is InChI=1S/C11H16O.C8H11N/c1-2-3-9-11(12)10-7-5-4-6-8-10;1-9-7-8-5-3-2-4-6-8/h4-8,11-12H,2-3,9H2,1H3;2-6,9H,7H2,1H3. The molecule has 0 aliphatic heterocycles. The van der Waals surface area contributed by atoms with Gasteiger partial charge in [0.25, 0.3) is 0 Å². The molecule has 0 aliphatic rings. The number of hydrogen-bond donors (Lipinski definition) is 2. The molecule has 1 unspecified atom stereocenters. The fourth-order valence-corrected chi connectivity index (χ4v) is 2.04. The number of unbranched alkanes of at least 4 members (excludes halogenated alkanes) is 1. The normalized spacial score (nSPS) is 11.4. The predicted molar refractivity (Wildman–Crippen MR) is 90.1 cm³/mol. The Morgan fingerprint density at radius 3 is 2.05 bits per heavy atom. The molecule has 0 saturated carbocycles. The molecule has 0 amide bonds. The van der Waals surface area contributed by atoms with Gasteiger partial charge < -0.3 is 10.4 Å². The first kappa shape index (κ1) is 17.4. The third kappa shape index (κ3) is 7.64. The van der Waals surface area contributed by atoms with Gasteiger partial charge in [-0.1, -0.05) is 80.4 Å². The van der Waals surface area contributed by atoms with Crippen LogP contribution >= 0.6 is 0 Å². The zero-order valence-electron chi connectivity index (χ0n) is 13.1. The van der Waals surface area contributed by atoms with Crippen molar-refractivity contribution in [2.75, 3.05) is 7.05 Å². The van der Waals surface area contributed by atoms with Crippen LogP contribution in [0, 0.1) is 0 Å². The summed E-state index contributed by atoms with van der Waals surface area (Å²) >= 11 is 0. The summed E-state index contributed by atoms with van der Waals surface area (Å²) in [5, 5.41) is 12.7. The highest BCUT2D eigenvalue weighted by atomic mass is 16.3. The van der Waals surface area contributed by atoms with E-state index in [9.17, 15) is 5.11 Å². The van der Waals surface area contributed by atoms with E-state index in [1.807, 2.05) is 55.6 Å². The Morgan fingerprint density at radius 2 is 1.52 bits per heavy atom. The predicted octanol–water partition coefficient (Wildman–Crippen LogP) is 4.32. The molecular formula is C19H27NO. The monoisotopic (exact) mass is 285 g/mol. The van der Waals surface area contributed by atoms with Gasteiger partial charge in [0.15, 0.2) is 0 Å². The number of nitrogens with one attached hydrogen (secondary N) is 1. The number of aliphatic hydroxyl groups excluding tert-OH is 1. The molecule has 0 aromatic heterocycles. The molecular weight excluding hydrogens is 258 g/mol. The van der Waals surface area contributed by atoms with E-state index in [-0.39, 0.29) is 6.10 Å². The van der Waals surface area contributed by atoms with Crippen LogP contribution < -0.4 is 5.32 Å². The Hall–Kier alpha value is -1.64. The van der Waals surface area contributed by atoms with E-state index in [0.29, 0.717) is 0 Å². The first-order chi connectivity index (χ1) is 10.3. The highest BCUT2D eigenvalue weighted by Crippen LogP contribution is 2.17.